The van der Waals surface area contributed by atoms with Crippen LogP contribution >= 0.6 is 0 Å². The number of nitrogens with one attached hydrogen (secondary N) is 1. The zero-order valence-corrected chi connectivity index (χ0v) is 15.8. The summed E-state index contributed by atoms with van der Waals surface area (Å²) in [6, 6.07) is 9.05. The molecule has 0 bridgehead atoms. The van der Waals surface area contributed by atoms with Crippen LogP contribution in [0.3, 0.4) is 0 Å². The van der Waals surface area contributed by atoms with Gasteiger partial charge in [-0.15, -0.1) is 0 Å². The quantitative estimate of drug-likeness (QED) is 0.834. The summed E-state index contributed by atoms with van der Waals surface area (Å²) in [5, 5.41) is 2.13. The number of halogens is 3. The van der Waals surface area contributed by atoms with E-state index in [0.717, 1.165) is 27.6 Å². The number of alkyl halides is 3. The van der Waals surface area contributed by atoms with Gasteiger partial charge >= 0.3 is 6.18 Å². The molecule has 0 aromatic heterocycles. The lowest BCUT2D eigenvalue weighted by Crippen LogP contribution is -2.35. The highest BCUT2D eigenvalue weighted by molar-refractivity contribution is 7.89. The van der Waals surface area contributed by atoms with Gasteiger partial charge in [-0.05, 0) is 49.2 Å². The number of hydrogen-bond acceptors (Lipinski definition) is 3. The number of likely N-dealkylation sites (N-methyl/N-ethyl adjacent to an activating group) is 1. The average Bonchev–Trinajstić information content (AvgIpc) is 2.56. The number of benzene rings is 2. The Morgan fingerprint density at radius 3 is 2.30 bits per heavy atom. The molecule has 2 aromatic rings. The molecule has 27 heavy (non-hydrogen) atoms. The number of carbonyl (C=O) groups excluding carboxylic acids is 1. The molecule has 0 aliphatic heterocycles. The van der Waals surface area contributed by atoms with E-state index in [-0.39, 0.29) is 4.90 Å². The summed E-state index contributed by atoms with van der Waals surface area (Å²) in [5.74, 6) is -0.874. The Hall–Kier alpha value is -2.39. The average molecular weight is 400 g/mol. The topological polar surface area (TPSA) is 66.5 Å². The zero-order chi connectivity index (χ0) is 20.4. The fourth-order valence-electron chi connectivity index (χ4n) is 2.37. The third-order valence-electron chi connectivity index (χ3n) is 4.06. The van der Waals surface area contributed by atoms with Crippen LogP contribution in [-0.4, -0.2) is 32.2 Å². The molecule has 0 fully saturated rings. The molecule has 5 nitrogen and oxygen atoms in total. The fourth-order valence-corrected chi connectivity index (χ4v) is 3.58. The Morgan fingerprint density at radius 1 is 1.07 bits per heavy atom. The number of aryl methyl sites for hydroxylation is 2. The molecule has 146 valence electrons. The van der Waals surface area contributed by atoms with Crippen LogP contribution in [0.25, 0.3) is 0 Å². The first-order valence-electron chi connectivity index (χ1n) is 7.92. The number of amides is 1. The van der Waals surface area contributed by atoms with Crippen molar-refractivity contribution in [3.05, 3.63) is 59.2 Å². The summed E-state index contributed by atoms with van der Waals surface area (Å²) >= 11 is 0. The number of nitrogens with zero attached hydrogens (tertiary/aromatic N) is 1. The van der Waals surface area contributed by atoms with Gasteiger partial charge in [0.15, 0.2) is 0 Å². The third-order valence-corrected chi connectivity index (χ3v) is 5.86. The van der Waals surface area contributed by atoms with Gasteiger partial charge in [0.2, 0.25) is 15.9 Å². The van der Waals surface area contributed by atoms with Crippen LogP contribution in [0.4, 0.5) is 18.9 Å². The molecule has 0 aliphatic rings. The van der Waals surface area contributed by atoms with Crippen LogP contribution in [0.15, 0.2) is 47.4 Å². The van der Waals surface area contributed by atoms with Gasteiger partial charge in [0.05, 0.1) is 22.7 Å². The number of sulfonamides is 1. The van der Waals surface area contributed by atoms with Crippen molar-refractivity contribution in [3.63, 3.8) is 0 Å². The largest absolute Gasteiger partial charge is 0.418 e. The lowest BCUT2D eigenvalue weighted by molar-refractivity contribution is -0.137. The minimum absolute atomic E-state index is 0.0107. The van der Waals surface area contributed by atoms with E-state index in [2.05, 4.69) is 5.32 Å². The van der Waals surface area contributed by atoms with Gasteiger partial charge in [0.25, 0.3) is 0 Å². The van der Waals surface area contributed by atoms with E-state index >= 15 is 0 Å². The molecule has 0 aliphatic carbocycles. The van der Waals surface area contributed by atoms with Crippen molar-refractivity contribution < 1.29 is 26.4 Å². The predicted molar refractivity (Wildman–Crippen MR) is 95.8 cm³/mol. The summed E-state index contributed by atoms with van der Waals surface area (Å²) in [6.45, 7) is 2.97. The molecule has 1 N–H and O–H groups in total. The van der Waals surface area contributed by atoms with Gasteiger partial charge in [-0.25, -0.2) is 8.42 Å². The van der Waals surface area contributed by atoms with Crippen LogP contribution < -0.4 is 5.32 Å². The predicted octanol–water partition coefficient (Wildman–Crippen LogP) is 3.58. The van der Waals surface area contributed by atoms with Crippen LogP contribution in [0.1, 0.15) is 16.7 Å². The zero-order valence-electron chi connectivity index (χ0n) is 15.0. The van der Waals surface area contributed by atoms with E-state index in [0.29, 0.717) is 0 Å². The Bertz CT molecular complexity index is 957. The van der Waals surface area contributed by atoms with Crippen molar-refractivity contribution in [2.24, 2.45) is 0 Å². The van der Waals surface area contributed by atoms with Gasteiger partial charge < -0.3 is 5.32 Å². The van der Waals surface area contributed by atoms with Crippen molar-refractivity contribution in [2.45, 2.75) is 24.9 Å². The van der Waals surface area contributed by atoms with Crippen LogP contribution in [-0.2, 0) is 21.0 Å². The highest BCUT2D eigenvalue weighted by Gasteiger charge is 2.33. The van der Waals surface area contributed by atoms with Gasteiger partial charge in [0.1, 0.15) is 0 Å². The van der Waals surface area contributed by atoms with Gasteiger partial charge in [0, 0.05) is 7.05 Å². The molecule has 0 saturated heterocycles. The van der Waals surface area contributed by atoms with Crippen LogP contribution in [0.2, 0.25) is 0 Å². The Balaban J connectivity index is 2.17. The normalized spacial score (nSPS) is 12.3. The fraction of sp³-hybridized carbons (Fsp3) is 0.278. The van der Waals surface area contributed by atoms with Crippen molar-refractivity contribution in [1.29, 1.82) is 0 Å². The molecule has 1 amide bonds. The summed E-state index contributed by atoms with van der Waals surface area (Å²) in [5.41, 5.74) is 0.260. The van der Waals surface area contributed by atoms with Gasteiger partial charge in [-0.3, -0.25) is 4.79 Å². The maximum absolute atomic E-state index is 13.0. The van der Waals surface area contributed by atoms with Gasteiger partial charge in [-0.1, -0.05) is 18.2 Å². The molecule has 0 radical (unpaired) electrons. The summed E-state index contributed by atoms with van der Waals surface area (Å²) < 4.78 is 64.9. The smallest absolute Gasteiger partial charge is 0.324 e. The number of rotatable bonds is 5. The second kappa shape index (κ2) is 7.69. The van der Waals surface area contributed by atoms with Crippen molar-refractivity contribution in [1.82, 2.24) is 4.31 Å². The number of anilines is 1. The molecule has 0 spiro atoms. The molecule has 0 heterocycles. The highest BCUT2D eigenvalue weighted by atomic mass is 32.2. The molecule has 0 saturated carbocycles. The van der Waals surface area contributed by atoms with E-state index < -0.39 is 39.9 Å². The molecule has 9 heteroatoms. The first-order valence-corrected chi connectivity index (χ1v) is 9.36. The van der Waals surface area contributed by atoms with Crippen molar-refractivity contribution in [3.8, 4) is 0 Å². The number of carbonyl (C=O) groups is 1. The second-order valence-corrected chi connectivity index (χ2v) is 8.14. The van der Waals surface area contributed by atoms with E-state index in [1.54, 1.807) is 13.0 Å². The maximum Gasteiger partial charge on any atom is 0.418 e. The molecule has 0 unspecified atom stereocenters. The summed E-state index contributed by atoms with van der Waals surface area (Å²) in [6.07, 6.45) is -4.64. The highest BCUT2D eigenvalue weighted by Crippen LogP contribution is 2.34. The first kappa shape index (κ1) is 20.9. The van der Waals surface area contributed by atoms with E-state index in [1.165, 1.54) is 31.3 Å². The molecule has 2 rings (SSSR count). The minimum Gasteiger partial charge on any atom is -0.324 e. The van der Waals surface area contributed by atoms with E-state index in [4.69, 9.17) is 0 Å². The molecular formula is C18H19F3N2O3S. The molecule has 0 atom stereocenters. The van der Waals surface area contributed by atoms with Crippen molar-refractivity contribution in [2.75, 3.05) is 18.9 Å². The summed E-state index contributed by atoms with van der Waals surface area (Å²) in [7, 11) is -2.76. The standard InChI is InChI=1S/C18H19F3N2O3S/c1-12-8-9-14(10-13(12)2)27(25,26)23(3)11-17(24)22-16-7-5-4-6-15(16)18(19,20)21/h4-10H,11H2,1-3H3,(H,22,24). The lowest BCUT2D eigenvalue weighted by Gasteiger charge is -2.18. The molecule has 2 aromatic carbocycles. The Labute approximate surface area is 155 Å². The number of hydrogen-bond donors (Lipinski definition) is 1. The minimum atomic E-state index is -4.64. The van der Waals surface area contributed by atoms with E-state index in [1.807, 2.05) is 6.92 Å². The van der Waals surface area contributed by atoms with Gasteiger partial charge in [-0.2, -0.15) is 17.5 Å². The second-order valence-electron chi connectivity index (χ2n) is 6.10. The van der Waals surface area contributed by atoms with Crippen LogP contribution in [0, 0.1) is 13.8 Å². The molecular weight excluding hydrogens is 381 g/mol. The Morgan fingerprint density at radius 2 is 1.70 bits per heavy atom. The van der Waals surface area contributed by atoms with Crippen LogP contribution in [0.5, 0.6) is 0 Å². The monoisotopic (exact) mass is 400 g/mol. The lowest BCUT2D eigenvalue weighted by atomic mass is 10.1. The number of para-hydroxylation sites is 1. The van der Waals surface area contributed by atoms with Crippen molar-refractivity contribution >= 4 is 21.6 Å². The van der Waals surface area contributed by atoms with E-state index in [9.17, 15) is 26.4 Å². The first-order chi connectivity index (χ1) is 12.4. The summed E-state index contributed by atoms with van der Waals surface area (Å²) in [4.78, 5) is 12.1. The third kappa shape index (κ3) is 4.86. The SMILES string of the molecule is Cc1ccc(S(=O)(=O)N(C)CC(=O)Nc2ccccc2C(F)(F)F)cc1C. The Kier molecular flexibility index (Phi) is 5.96. The maximum atomic E-state index is 13.0.